The number of Topliss-reactive ketones (excluding diaryl/α,β-unsaturated/α-hetero) is 1. The highest BCUT2D eigenvalue weighted by atomic mass is 16.5. The van der Waals surface area contributed by atoms with Crippen molar-refractivity contribution in [3.63, 3.8) is 0 Å². The number of rotatable bonds is 1. The number of hydrogen-bond donors (Lipinski definition) is 1. The summed E-state index contributed by atoms with van der Waals surface area (Å²) >= 11 is 0. The normalized spacial score (nSPS) is 19.5. The molecule has 6 heteroatoms. The maximum Gasteiger partial charge on any atom is 0.253 e. The van der Waals surface area contributed by atoms with Crippen molar-refractivity contribution >= 4 is 23.3 Å². The van der Waals surface area contributed by atoms with Crippen molar-refractivity contribution < 1.29 is 19.1 Å². The minimum Gasteiger partial charge on any atom is -0.486 e. The quantitative estimate of drug-likeness (QED) is 0.732. The van der Waals surface area contributed by atoms with Gasteiger partial charge in [-0.2, -0.15) is 0 Å². The van der Waals surface area contributed by atoms with Gasteiger partial charge in [0.15, 0.2) is 5.78 Å². The smallest absolute Gasteiger partial charge is 0.253 e. The number of likely N-dealkylation sites (tertiary alicyclic amines) is 1. The lowest BCUT2D eigenvalue weighted by Gasteiger charge is -2.44. The van der Waals surface area contributed by atoms with Crippen LogP contribution in [0, 0.1) is 13.8 Å². The molecule has 0 atom stereocenters. The third kappa shape index (κ3) is 3.68. The third-order valence-electron chi connectivity index (χ3n) is 6.97. The lowest BCUT2D eigenvalue weighted by atomic mass is 9.81. The summed E-state index contributed by atoms with van der Waals surface area (Å²) in [5.74, 6) is 0.841. The van der Waals surface area contributed by atoms with Crippen LogP contribution in [0.15, 0.2) is 30.3 Å². The highest BCUT2D eigenvalue weighted by Gasteiger charge is 2.44. The molecule has 0 aromatic heterocycles. The van der Waals surface area contributed by atoms with E-state index in [1.165, 1.54) is 0 Å². The van der Waals surface area contributed by atoms with Gasteiger partial charge in [0.2, 0.25) is 5.91 Å². The van der Waals surface area contributed by atoms with Crippen molar-refractivity contribution in [3.05, 3.63) is 58.1 Å². The summed E-state index contributed by atoms with van der Waals surface area (Å²) in [7, 11) is 0. The first-order valence-electron chi connectivity index (χ1n) is 11.4. The number of aryl methyl sites for hydroxylation is 3. The lowest BCUT2D eigenvalue weighted by molar-refractivity contribution is -0.116. The zero-order valence-electron chi connectivity index (χ0n) is 18.6. The maximum atomic E-state index is 13.2. The molecule has 3 aliphatic rings. The second kappa shape index (κ2) is 7.76. The molecule has 2 aromatic rings. The van der Waals surface area contributed by atoms with Crippen molar-refractivity contribution in [3.8, 4) is 5.75 Å². The van der Waals surface area contributed by atoms with E-state index in [0.717, 1.165) is 35.2 Å². The molecule has 0 saturated carbocycles. The van der Waals surface area contributed by atoms with E-state index in [0.29, 0.717) is 55.6 Å². The van der Waals surface area contributed by atoms with Gasteiger partial charge >= 0.3 is 0 Å². The number of fused-ring (bicyclic) bond motifs is 2. The minimum atomic E-state index is -0.529. The van der Waals surface area contributed by atoms with E-state index in [2.05, 4.69) is 5.32 Å². The van der Waals surface area contributed by atoms with Crippen LogP contribution in [0.4, 0.5) is 5.69 Å². The Labute approximate surface area is 187 Å². The molecule has 5 rings (SSSR count). The van der Waals surface area contributed by atoms with E-state index in [9.17, 15) is 14.4 Å². The predicted molar refractivity (Wildman–Crippen MR) is 121 cm³/mol. The monoisotopic (exact) mass is 432 g/mol. The van der Waals surface area contributed by atoms with Crippen molar-refractivity contribution in [1.29, 1.82) is 0 Å². The second-order valence-electron chi connectivity index (χ2n) is 9.41. The van der Waals surface area contributed by atoms with Crippen LogP contribution in [0.25, 0.3) is 0 Å². The molecule has 32 heavy (non-hydrogen) atoms. The van der Waals surface area contributed by atoms with Gasteiger partial charge in [0.05, 0.1) is 12.0 Å². The van der Waals surface area contributed by atoms with Crippen LogP contribution in [0.2, 0.25) is 0 Å². The van der Waals surface area contributed by atoms with Gasteiger partial charge in [0, 0.05) is 43.6 Å². The van der Waals surface area contributed by atoms with Gasteiger partial charge in [-0.15, -0.1) is 0 Å². The zero-order valence-corrected chi connectivity index (χ0v) is 18.6. The highest BCUT2D eigenvalue weighted by Crippen LogP contribution is 2.41. The maximum absolute atomic E-state index is 13.2. The zero-order chi connectivity index (χ0) is 22.5. The molecular formula is C26H28N2O4. The number of anilines is 1. The van der Waals surface area contributed by atoms with Gasteiger partial charge in [-0.1, -0.05) is 6.07 Å². The van der Waals surface area contributed by atoms with Crippen LogP contribution < -0.4 is 10.1 Å². The number of ether oxygens (including phenoxy) is 1. The molecule has 0 unspecified atom stereocenters. The van der Waals surface area contributed by atoms with E-state index in [1.807, 2.05) is 43.0 Å². The van der Waals surface area contributed by atoms with Crippen molar-refractivity contribution in [2.45, 2.75) is 58.0 Å². The summed E-state index contributed by atoms with van der Waals surface area (Å²) in [4.78, 5) is 39.7. The topological polar surface area (TPSA) is 75.7 Å². The number of amides is 2. The fourth-order valence-corrected chi connectivity index (χ4v) is 5.30. The minimum absolute atomic E-state index is 0.00699. The van der Waals surface area contributed by atoms with Crippen molar-refractivity contribution in [1.82, 2.24) is 4.90 Å². The van der Waals surface area contributed by atoms with E-state index in [-0.39, 0.29) is 17.6 Å². The first kappa shape index (κ1) is 20.7. The SMILES string of the molecule is Cc1cc(C)c2c(c1)OC1(CCN(C(=O)c3ccc4c(c3)CCCC(=O)N4)CC1)CC2=O. The Kier molecular flexibility index (Phi) is 5.03. The molecule has 3 aliphatic heterocycles. The number of nitrogens with one attached hydrogen (secondary N) is 1. The Morgan fingerprint density at radius 1 is 1.06 bits per heavy atom. The molecule has 2 aromatic carbocycles. The van der Waals surface area contributed by atoms with Gasteiger partial charge in [-0.3, -0.25) is 14.4 Å². The van der Waals surface area contributed by atoms with Gasteiger partial charge in [0.1, 0.15) is 11.4 Å². The van der Waals surface area contributed by atoms with Gasteiger partial charge in [0.25, 0.3) is 5.91 Å². The Morgan fingerprint density at radius 3 is 2.62 bits per heavy atom. The average Bonchev–Trinajstić information content (AvgIpc) is 2.92. The van der Waals surface area contributed by atoms with Crippen LogP contribution in [0.1, 0.15) is 69.5 Å². The molecule has 1 N–H and O–H groups in total. The molecule has 1 saturated heterocycles. The molecule has 0 aliphatic carbocycles. The molecular weight excluding hydrogens is 404 g/mol. The van der Waals surface area contributed by atoms with Gasteiger partial charge < -0.3 is 15.0 Å². The number of piperidine rings is 1. The standard InChI is InChI=1S/C26H28N2O4/c1-16-12-17(2)24-21(29)15-26(32-22(24)13-16)8-10-28(11-9-26)25(31)19-6-7-20-18(14-19)4-3-5-23(30)27-20/h6-7,12-14H,3-5,8-11,15H2,1-2H3,(H,27,30). The Hall–Kier alpha value is -3.15. The number of carbonyl (C=O) groups is 3. The Bertz CT molecular complexity index is 1130. The average molecular weight is 433 g/mol. The number of nitrogens with zero attached hydrogens (tertiary/aromatic N) is 1. The first-order chi connectivity index (χ1) is 15.3. The molecule has 0 radical (unpaired) electrons. The summed E-state index contributed by atoms with van der Waals surface area (Å²) in [6.07, 6.45) is 3.72. The molecule has 1 fully saturated rings. The highest BCUT2D eigenvalue weighted by molar-refractivity contribution is 6.02. The van der Waals surface area contributed by atoms with Crippen molar-refractivity contribution in [2.24, 2.45) is 0 Å². The lowest BCUT2D eigenvalue weighted by Crippen LogP contribution is -2.52. The summed E-state index contributed by atoms with van der Waals surface area (Å²) in [5.41, 5.74) is 4.69. The van der Waals surface area contributed by atoms with Crippen molar-refractivity contribution in [2.75, 3.05) is 18.4 Å². The van der Waals surface area contributed by atoms with Crippen LogP contribution in [0.3, 0.4) is 0 Å². The first-order valence-corrected chi connectivity index (χ1v) is 11.4. The van der Waals surface area contributed by atoms with E-state index in [1.54, 1.807) is 6.07 Å². The molecule has 2 amide bonds. The van der Waals surface area contributed by atoms with Crippen LogP contribution >= 0.6 is 0 Å². The molecule has 0 bridgehead atoms. The molecule has 3 heterocycles. The third-order valence-corrected chi connectivity index (χ3v) is 6.97. The second-order valence-corrected chi connectivity index (χ2v) is 9.41. The number of benzene rings is 2. The summed E-state index contributed by atoms with van der Waals surface area (Å²) in [6, 6.07) is 9.51. The molecule has 166 valence electrons. The van der Waals surface area contributed by atoms with Gasteiger partial charge in [-0.05, 0) is 67.6 Å². The number of hydrogen-bond acceptors (Lipinski definition) is 4. The number of carbonyl (C=O) groups excluding carboxylic acids is 3. The van der Waals surface area contributed by atoms with Crippen LogP contribution in [0.5, 0.6) is 5.75 Å². The summed E-state index contributed by atoms with van der Waals surface area (Å²) < 4.78 is 6.43. The largest absolute Gasteiger partial charge is 0.486 e. The molecule has 1 spiro atoms. The van der Waals surface area contributed by atoms with E-state index < -0.39 is 5.60 Å². The summed E-state index contributed by atoms with van der Waals surface area (Å²) in [6.45, 7) is 5.08. The fraction of sp³-hybridized carbons (Fsp3) is 0.423. The van der Waals surface area contributed by atoms with E-state index >= 15 is 0 Å². The van der Waals surface area contributed by atoms with Crippen LogP contribution in [-0.4, -0.2) is 41.2 Å². The fourth-order valence-electron chi connectivity index (χ4n) is 5.30. The van der Waals surface area contributed by atoms with Crippen LogP contribution in [-0.2, 0) is 11.2 Å². The number of ketones is 1. The molecule has 6 nitrogen and oxygen atoms in total. The predicted octanol–water partition coefficient (Wildman–Crippen LogP) is 4.22. The van der Waals surface area contributed by atoms with Gasteiger partial charge in [-0.25, -0.2) is 0 Å². The Balaban J connectivity index is 1.31. The summed E-state index contributed by atoms with van der Waals surface area (Å²) in [5, 5.41) is 2.91. The van der Waals surface area contributed by atoms with E-state index in [4.69, 9.17) is 4.74 Å². The Morgan fingerprint density at radius 2 is 1.84 bits per heavy atom.